The Morgan fingerprint density at radius 3 is 2.81 bits per heavy atom. The predicted octanol–water partition coefficient (Wildman–Crippen LogP) is 1.52. The molecule has 1 spiro atoms. The Morgan fingerprint density at radius 1 is 1.48 bits per heavy atom. The molecule has 21 heavy (non-hydrogen) atoms. The predicted molar refractivity (Wildman–Crippen MR) is 78.6 cm³/mol. The molecule has 2 N–H and O–H groups in total. The van der Waals surface area contributed by atoms with Crippen LogP contribution in [0.25, 0.3) is 0 Å². The van der Waals surface area contributed by atoms with Crippen molar-refractivity contribution in [2.45, 2.75) is 25.3 Å². The molecule has 0 aromatic carbocycles. The van der Waals surface area contributed by atoms with E-state index in [2.05, 4.69) is 10.6 Å². The van der Waals surface area contributed by atoms with Crippen LogP contribution in [0.15, 0.2) is 5.38 Å². The van der Waals surface area contributed by atoms with Crippen LogP contribution in [-0.2, 0) is 4.79 Å². The minimum atomic E-state index is -0.996. The van der Waals surface area contributed by atoms with Gasteiger partial charge in [0.15, 0.2) is 0 Å². The molecule has 2 aliphatic rings. The summed E-state index contributed by atoms with van der Waals surface area (Å²) in [5, 5.41) is 7.19. The van der Waals surface area contributed by atoms with Gasteiger partial charge in [0.05, 0.1) is 11.6 Å². The van der Waals surface area contributed by atoms with Gasteiger partial charge < -0.3 is 10.2 Å². The molecule has 1 atom stereocenters. The van der Waals surface area contributed by atoms with Gasteiger partial charge in [-0.15, -0.1) is 11.3 Å². The summed E-state index contributed by atoms with van der Waals surface area (Å²) >= 11 is 7.44. The highest BCUT2D eigenvalue weighted by Gasteiger charge is 2.49. The molecule has 0 radical (unpaired) electrons. The second kappa shape index (κ2) is 4.99. The topological polar surface area (TPSA) is 78.5 Å². The number of carbonyl (C=O) groups excluding carboxylic acids is 3. The van der Waals surface area contributed by atoms with Gasteiger partial charge in [0.25, 0.3) is 11.8 Å². The summed E-state index contributed by atoms with van der Waals surface area (Å²) in [6.45, 7) is 2.58. The third-order valence-corrected chi connectivity index (χ3v) is 5.57. The van der Waals surface area contributed by atoms with E-state index in [0.29, 0.717) is 29.3 Å². The molecule has 2 aliphatic heterocycles. The SMILES string of the molecule is Cc1csc(C(=O)N2CCCC3(C2)NC(=O)NC3=O)c1Cl. The summed E-state index contributed by atoms with van der Waals surface area (Å²) in [5.41, 5.74) is -0.132. The van der Waals surface area contributed by atoms with Gasteiger partial charge in [-0.3, -0.25) is 14.9 Å². The van der Waals surface area contributed by atoms with Crippen molar-refractivity contribution < 1.29 is 14.4 Å². The zero-order valence-corrected chi connectivity index (χ0v) is 12.9. The number of halogens is 1. The number of nitrogens with zero attached hydrogens (tertiary/aromatic N) is 1. The number of thiophene rings is 1. The van der Waals surface area contributed by atoms with Crippen molar-refractivity contribution in [1.82, 2.24) is 15.5 Å². The summed E-state index contributed by atoms with van der Waals surface area (Å²) < 4.78 is 0. The van der Waals surface area contributed by atoms with Crippen molar-refractivity contribution >= 4 is 40.8 Å². The van der Waals surface area contributed by atoms with Gasteiger partial charge in [-0.1, -0.05) is 11.6 Å². The first kappa shape index (κ1) is 14.3. The third kappa shape index (κ3) is 2.30. The van der Waals surface area contributed by atoms with E-state index in [1.54, 1.807) is 4.90 Å². The van der Waals surface area contributed by atoms with Crippen LogP contribution >= 0.6 is 22.9 Å². The normalized spacial score (nSPS) is 25.1. The van der Waals surface area contributed by atoms with Gasteiger partial charge in [-0.2, -0.15) is 0 Å². The maximum absolute atomic E-state index is 12.6. The highest BCUT2D eigenvalue weighted by Crippen LogP contribution is 2.31. The minimum absolute atomic E-state index is 0.177. The van der Waals surface area contributed by atoms with Crippen molar-refractivity contribution in [1.29, 1.82) is 0 Å². The van der Waals surface area contributed by atoms with E-state index in [1.807, 2.05) is 12.3 Å². The van der Waals surface area contributed by atoms with Crippen LogP contribution in [0.5, 0.6) is 0 Å². The lowest BCUT2D eigenvalue weighted by atomic mass is 9.89. The smallest absolute Gasteiger partial charge is 0.322 e. The van der Waals surface area contributed by atoms with Gasteiger partial charge in [0.2, 0.25) is 0 Å². The van der Waals surface area contributed by atoms with E-state index in [-0.39, 0.29) is 18.4 Å². The van der Waals surface area contributed by atoms with E-state index in [9.17, 15) is 14.4 Å². The van der Waals surface area contributed by atoms with Crippen LogP contribution in [0, 0.1) is 6.92 Å². The zero-order valence-electron chi connectivity index (χ0n) is 11.4. The molecule has 0 bridgehead atoms. The standard InChI is InChI=1S/C13H14ClN3O3S/c1-7-5-21-9(8(7)14)10(18)17-4-2-3-13(6-17)11(19)15-12(20)16-13/h5H,2-4,6H2,1H3,(H2,15,16,19,20). The molecule has 1 unspecified atom stereocenters. The van der Waals surface area contributed by atoms with Crippen molar-refractivity contribution in [2.24, 2.45) is 0 Å². The third-order valence-electron chi connectivity index (χ3n) is 3.89. The monoisotopic (exact) mass is 327 g/mol. The van der Waals surface area contributed by atoms with Gasteiger partial charge in [0, 0.05) is 6.54 Å². The summed E-state index contributed by atoms with van der Waals surface area (Å²) in [6, 6.07) is -0.501. The Labute approximate surface area is 130 Å². The number of nitrogens with one attached hydrogen (secondary N) is 2. The molecule has 2 fully saturated rings. The molecule has 0 aliphatic carbocycles. The number of aryl methyl sites for hydroxylation is 1. The van der Waals surface area contributed by atoms with Crippen molar-refractivity contribution in [2.75, 3.05) is 13.1 Å². The first-order chi connectivity index (χ1) is 9.93. The highest BCUT2D eigenvalue weighted by atomic mass is 35.5. The van der Waals surface area contributed by atoms with Crippen LogP contribution in [-0.4, -0.2) is 41.4 Å². The van der Waals surface area contributed by atoms with Crippen molar-refractivity contribution in [3.63, 3.8) is 0 Å². The number of piperidine rings is 1. The minimum Gasteiger partial charge on any atom is -0.335 e. The van der Waals surface area contributed by atoms with Gasteiger partial charge >= 0.3 is 6.03 Å². The molecule has 6 nitrogen and oxygen atoms in total. The molecule has 1 aromatic rings. The molecule has 112 valence electrons. The van der Waals surface area contributed by atoms with Crippen LogP contribution in [0.4, 0.5) is 4.79 Å². The molecule has 2 saturated heterocycles. The van der Waals surface area contributed by atoms with Crippen LogP contribution in [0.2, 0.25) is 5.02 Å². The molecule has 0 saturated carbocycles. The quantitative estimate of drug-likeness (QED) is 0.768. The Morgan fingerprint density at radius 2 is 2.24 bits per heavy atom. The lowest BCUT2D eigenvalue weighted by molar-refractivity contribution is -0.125. The number of likely N-dealkylation sites (tertiary alicyclic amines) is 1. The maximum Gasteiger partial charge on any atom is 0.322 e. The number of hydrogen-bond donors (Lipinski definition) is 2. The van der Waals surface area contributed by atoms with Crippen molar-refractivity contribution in [3.05, 3.63) is 20.8 Å². The average Bonchev–Trinajstić information content (AvgIpc) is 2.90. The first-order valence-corrected chi connectivity index (χ1v) is 7.85. The van der Waals surface area contributed by atoms with Gasteiger partial charge in [-0.05, 0) is 30.7 Å². The number of imide groups is 1. The number of urea groups is 1. The summed E-state index contributed by atoms with van der Waals surface area (Å²) in [6.07, 6.45) is 1.19. The summed E-state index contributed by atoms with van der Waals surface area (Å²) in [5.74, 6) is -0.551. The van der Waals surface area contributed by atoms with Gasteiger partial charge in [-0.25, -0.2) is 4.79 Å². The fourth-order valence-corrected chi connectivity index (χ4v) is 4.00. The second-order valence-corrected chi connectivity index (χ2v) is 6.64. The number of carbonyl (C=O) groups is 3. The largest absolute Gasteiger partial charge is 0.335 e. The van der Waals surface area contributed by atoms with Crippen LogP contribution < -0.4 is 10.6 Å². The molecule has 8 heteroatoms. The highest BCUT2D eigenvalue weighted by molar-refractivity contribution is 7.13. The Kier molecular flexibility index (Phi) is 3.41. The molecule has 3 heterocycles. The second-order valence-electron chi connectivity index (χ2n) is 5.38. The van der Waals surface area contributed by atoms with Crippen molar-refractivity contribution in [3.8, 4) is 0 Å². The summed E-state index contributed by atoms with van der Waals surface area (Å²) in [7, 11) is 0. The fraction of sp³-hybridized carbons (Fsp3) is 0.462. The summed E-state index contributed by atoms with van der Waals surface area (Å²) in [4.78, 5) is 38.0. The van der Waals surface area contributed by atoms with Gasteiger partial charge in [0.1, 0.15) is 10.4 Å². The van der Waals surface area contributed by atoms with Crippen LogP contribution in [0.3, 0.4) is 0 Å². The van der Waals surface area contributed by atoms with E-state index in [0.717, 1.165) is 5.56 Å². The molecular weight excluding hydrogens is 314 g/mol. The molecule has 4 amide bonds. The Bertz CT molecular complexity index is 645. The Balaban J connectivity index is 1.84. The number of amides is 4. The van der Waals surface area contributed by atoms with E-state index in [1.165, 1.54) is 11.3 Å². The molecule has 3 rings (SSSR count). The molecule has 1 aromatic heterocycles. The number of rotatable bonds is 1. The lowest BCUT2D eigenvalue weighted by Crippen LogP contribution is -2.59. The lowest BCUT2D eigenvalue weighted by Gasteiger charge is -2.37. The molecular formula is C13H14ClN3O3S. The van der Waals surface area contributed by atoms with Crippen LogP contribution in [0.1, 0.15) is 28.1 Å². The van der Waals surface area contributed by atoms with E-state index >= 15 is 0 Å². The van der Waals surface area contributed by atoms with E-state index < -0.39 is 11.6 Å². The zero-order chi connectivity index (χ0) is 15.2. The Hall–Kier alpha value is -1.60. The maximum atomic E-state index is 12.6. The average molecular weight is 328 g/mol. The number of hydrogen-bond acceptors (Lipinski definition) is 4. The van der Waals surface area contributed by atoms with E-state index in [4.69, 9.17) is 11.6 Å². The first-order valence-electron chi connectivity index (χ1n) is 6.59. The fourth-order valence-electron chi connectivity index (χ4n) is 2.76.